The van der Waals surface area contributed by atoms with Gasteiger partial charge in [0, 0.05) is 24.8 Å². The molecule has 2 amide bonds. The summed E-state index contributed by atoms with van der Waals surface area (Å²) >= 11 is 0. The van der Waals surface area contributed by atoms with Crippen molar-refractivity contribution in [3.8, 4) is 25.7 Å². The van der Waals surface area contributed by atoms with Gasteiger partial charge < -0.3 is 21.1 Å². The molecule has 3 aromatic carbocycles. The molecule has 0 aliphatic heterocycles. The number of carbonyl (C=O) groups is 2. The van der Waals surface area contributed by atoms with Gasteiger partial charge in [-0.2, -0.15) is 0 Å². The van der Waals surface area contributed by atoms with Gasteiger partial charge in [-0.05, 0) is 88.5 Å². The van der Waals surface area contributed by atoms with Gasteiger partial charge in [-0.15, -0.1) is 38.9 Å². The van der Waals surface area contributed by atoms with Crippen molar-refractivity contribution in [2.45, 2.75) is 59.9 Å². The lowest BCUT2D eigenvalue weighted by Gasteiger charge is -2.14. The molecule has 1 unspecified atom stereocenters. The maximum Gasteiger partial charge on any atom is 0.251 e. The SMILES string of the molecule is C#C.C#C.C=C.CCCNCCCNC=O.CCCO.Cc1cc(F)cc(F)c1.Cc1cccc(C(=O)NC(C)c2ccccc2)c1. The topological polar surface area (TPSA) is 90.5 Å². The predicted octanol–water partition coefficient (Wildman–Crippen LogP) is 7.57. The normalized spacial score (nSPS) is 9.19. The van der Waals surface area contributed by atoms with E-state index in [4.69, 9.17) is 5.11 Å². The lowest BCUT2D eigenvalue weighted by molar-refractivity contribution is -0.109. The molecule has 8 heteroatoms. The van der Waals surface area contributed by atoms with Crippen LogP contribution in [-0.4, -0.2) is 43.7 Å². The summed E-state index contributed by atoms with van der Waals surface area (Å²) in [6.45, 7) is 18.8. The van der Waals surface area contributed by atoms with E-state index in [2.05, 4.69) is 61.7 Å². The Morgan fingerprint density at radius 3 is 1.83 bits per heavy atom. The second kappa shape index (κ2) is 37.4. The van der Waals surface area contributed by atoms with Gasteiger partial charge in [0.25, 0.3) is 5.91 Å². The Labute approximate surface area is 283 Å². The highest BCUT2D eigenvalue weighted by atomic mass is 19.1. The van der Waals surface area contributed by atoms with E-state index in [9.17, 15) is 18.4 Å². The number of aliphatic hydroxyl groups is 1. The van der Waals surface area contributed by atoms with E-state index in [1.54, 1.807) is 6.92 Å². The first-order valence-electron chi connectivity index (χ1n) is 15.2. The number of benzene rings is 3. The zero-order chi connectivity index (χ0) is 36.9. The number of aliphatic hydroxyl groups excluding tert-OH is 1. The van der Waals surface area contributed by atoms with Crippen LogP contribution in [0.4, 0.5) is 8.78 Å². The summed E-state index contributed by atoms with van der Waals surface area (Å²) < 4.78 is 24.4. The van der Waals surface area contributed by atoms with Crippen LogP contribution in [0.25, 0.3) is 0 Å². The van der Waals surface area contributed by atoms with Crippen molar-refractivity contribution in [3.63, 3.8) is 0 Å². The van der Waals surface area contributed by atoms with Gasteiger partial charge >= 0.3 is 0 Å². The molecule has 4 N–H and O–H groups in total. The Kier molecular flexibility index (Phi) is 39.1. The van der Waals surface area contributed by atoms with E-state index in [-0.39, 0.29) is 11.9 Å². The van der Waals surface area contributed by atoms with Crippen LogP contribution >= 0.6 is 0 Å². The predicted molar refractivity (Wildman–Crippen MR) is 195 cm³/mol. The average Bonchev–Trinajstić information content (AvgIpc) is 3.09. The quantitative estimate of drug-likeness (QED) is 0.0745. The summed E-state index contributed by atoms with van der Waals surface area (Å²) in [6, 6.07) is 21.0. The molecule has 0 aliphatic rings. The fourth-order valence-corrected chi connectivity index (χ4v) is 3.26. The molecule has 0 radical (unpaired) electrons. The molecule has 0 saturated carbocycles. The highest BCUT2D eigenvalue weighted by Crippen LogP contribution is 2.13. The summed E-state index contributed by atoms with van der Waals surface area (Å²) in [5, 5.41) is 16.7. The summed E-state index contributed by atoms with van der Waals surface area (Å²) in [4.78, 5) is 21.8. The van der Waals surface area contributed by atoms with Crippen LogP contribution in [0.15, 0.2) is 86.0 Å². The molecule has 0 spiro atoms. The van der Waals surface area contributed by atoms with E-state index in [1.807, 2.05) is 75.4 Å². The van der Waals surface area contributed by atoms with Crippen molar-refractivity contribution in [2.24, 2.45) is 0 Å². The maximum atomic E-state index is 12.2. The van der Waals surface area contributed by atoms with Crippen LogP contribution in [0.2, 0.25) is 0 Å². The maximum absolute atomic E-state index is 12.2. The van der Waals surface area contributed by atoms with Gasteiger partial charge in [0.1, 0.15) is 11.6 Å². The minimum Gasteiger partial charge on any atom is -0.396 e. The molecule has 0 fully saturated rings. The summed E-state index contributed by atoms with van der Waals surface area (Å²) in [5.41, 5.74) is 3.51. The lowest BCUT2D eigenvalue weighted by atomic mass is 10.1. The van der Waals surface area contributed by atoms with Crippen molar-refractivity contribution in [1.29, 1.82) is 0 Å². The number of aryl methyl sites for hydroxylation is 2. The summed E-state index contributed by atoms with van der Waals surface area (Å²) in [7, 11) is 0. The third kappa shape index (κ3) is 31.0. The number of halogens is 2. The number of nitrogens with one attached hydrogen (secondary N) is 3. The van der Waals surface area contributed by atoms with Crippen molar-refractivity contribution in [3.05, 3.63) is 120 Å². The Hall–Kier alpha value is -4.76. The molecule has 0 aromatic heterocycles. The molecule has 258 valence electrons. The number of rotatable bonds is 11. The van der Waals surface area contributed by atoms with E-state index in [0.717, 1.165) is 56.1 Å². The standard InChI is InChI=1S/C16H17NO.C7H6F2.C7H16N2O.C3H8O.C2H4.2C2H2/c1-12-7-6-10-15(11-12)16(18)17-13(2)14-8-4-3-5-9-14;1-5-2-6(8)4-7(9)3-5;1-2-4-8-5-3-6-9-7-10;1-2-3-4;3*1-2/h3-11,13H,1-2H3,(H,17,18);2-4H,1H3;7-8H,2-6H2,1H3,(H,9,10);4H,2-3H2,1H3;1-2H2;2*1-2H. The zero-order valence-corrected chi connectivity index (χ0v) is 28.8. The fraction of sp³-hybridized carbons (Fsp3) is 0.333. The van der Waals surface area contributed by atoms with Gasteiger partial charge in [-0.3, -0.25) is 9.59 Å². The molecule has 0 saturated heterocycles. The summed E-state index contributed by atoms with van der Waals surface area (Å²) in [6.07, 6.45) is 19.8. The van der Waals surface area contributed by atoms with Gasteiger partial charge in [0.2, 0.25) is 6.41 Å². The van der Waals surface area contributed by atoms with Crippen LogP contribution in [0.5, 0.6) is 0 Å². The lowest BCUT2D eigenvalue weighted by Crippen LogP contribution is -2.26. The molecule has 0 heterocycles. The molecule has 3 rings (SSSR count). The van der Waals surface area contributed by atoms with Gasteiger partial charge in [-0.1, -0.05) is 61.9 Å². The molecule has 47 heavy (non-hydrogen) atoms. The number of amides is 2. The summed E-state index contributed by atoms with van der Waals surface area (Å²) in [5.74, 6) is -1.07. The molecule has 0 aliphatic carbocycles. The highest BCUT2D eigenvalue weighted by molar-refractivity contribution is 5.94. The van der Waals surface area contributed by atoms with Crippen LogP contribution in [-0.2, 0) is 4.79 Å². The Bertz CT molecular complexity index is 1140. The number of hydrogen-bond acceptors (Lipinski definition) is 4. The van der Waals surface area contributed by atoms with Crippen LogP contribution in [0.1, 0.15) is 73.1 Å². The Morgan fingerprint density at radius 2 is 1.38 bits per heavy atom. The van der Waals surface area contributed by atoms with Crippen LogP contribution in [0, 0.1) is 51.2 Å². The third-order valence-electron chi connectivity index (χ3n) is 5.34. The average molecular weight is 652 g/mol. The first-order valence-corrected chi connectivity index (χ1v) is 15.2. The zero-order valence-electron chi connectivity index (χ0n) is 28.8. The minimum absolute atomic E-state index is 0.0132. The third-order valence-corrected chi connectivity index (χ3v) is 5.34. The molecule has 0 bridgehead atoms. The van der Waals surface area contributed by atoms with Gasteiger partial charge in [0.15, 0.2) is 0 Å². The monoisotopic (exact) mass is 651 g/mol. The number of terminal acetylenes is 2. The smallest absolute Gasteiger partial charge is 0.251 e. The molecule has 1 atom stereocenters. The first-order chi connectivity index (χ1) is 22.7. The molecular formula is C39H55F2N3O3. The fourth-order valence-electron chi connectivity index (χ4n) is 3.26. The van der Waals surface area contributed by atoms with Crippen LogP contribution < -0.4 is 16.0 Å². The highest BCUT2D eigenvalue weighted by Gasteiger charge is 2.10. The van der Waals surface area contributed by atoms with Gasteiger partial charge in [0.05, 0.1) is 6.04 Å². The van der Waals surface area contributed by atoms with E-state index >= 15 is 0 Å². The first kappa shape index (κ1) is 49.1. The van der Waals surface area contributed by atoms with Crippen molar-refractivity contribution in [1.82, 2.24) is 16.0 Å². The van der Waals surface area contributed by atoms with E-state index < -0.39 is 11.6 Å². The van der Waals surface area contributed by atoms with Crippen molar-refractivity contribution in [2.75, 3.05) is 26.2 Å². The van der Waals surface area contributed by atoms with Crippen molar-refractivity contribution < 1.29 is 23.5 Å². The molecule has 3 aromatic rings. The Morgan fingerprint density at radius 1 is 0.830 bits per heavy atom. The minimum atomic E-state index is -0.521. The largest absolute Gasteiger partial charge is 0.396 e. The second-order valence-electron chi connectivity index (χ2n) is 9.32. The number of hydrogen-bond donors (Lipinski definition) is 4. The molecule has 6 nitrogen and oxygen atoms in total. The Balaban J connectivity index is -0.000000273. The number of carbonyl (C=O) groups excluding carboxylic acids is 2. The van der Waals surface area contributed by atoms with Crippen LogP contribution in [0.3, 0.4) is 0 Å². The van der Waals surface area contributed by atoms with Gasteiger partial charge in [-0.25, -0.2) is 8.78 Å². The second-order valence-corrected chi connectivity index (χ2v) is 9.32. The van der Waals surface area contributed by atoms with E-state index in [0.29, 0.717) is 17.7 Å². The van der Waals surface area contributed by atoms with E-state index in [1.165, 1.54) is 18.6 Å². The van der Waals surface area contributed by atoms with Crippen molar-refractivity contribution >= 4 is 12.3 Å². The molecular weight excluding hydrogens is 596 g/mol.